The Hall–Kier alpha value is -3.16. The molecule has 0 unspecified atom stereocenters. The number of alkyl halides is 3. The maximum Gasteiger partial charge on any atom is 0.416 e. The lowest BCUT2D eigenvalue weighted by molar-refractivity contribution is -0.137. The number of hydrogen-bond acceptors (Lipinski definition) is 4. The maximum atomic E-state index is 12.8. The van der Waals surface area contributed by atoms with E-state index in [4.69, 9.17) is 4.74 Å². The van der Waals surface area contributed by atoms with Gasteiger partial charge in [-0.2, -0.15) is 13.2 Å². The van der Waals surface area contributed by atoms with Gasteiger partial charge in [0, 0.05) is 11.1 Å². The second-order valence-electron chi connectivity index (χ2n) is 7.48. The van der Waals surface area contributed by atoms with E-state index < -0.39 is 11.7 Å². The molecule has 2 aromatic rings. The molecule has 1 N–H and O–H groups in total. The minimum Gasteiger partial charge on any atom is -0.497 e. The number of benzene rings is 2. The summed E-state index contributed by atoms with van der Waals surface area (Å²) in [5.41, 5.74) is 0.113. The lowest BCUT2D eigenvalue weighted by atomic mass is 10.1. The number of rotatable bonds is 3. The summed E-state index contributed by atoms with van der Waals surface area (Å²) in [5, 5.41) is 3.25. The lowest BCUT2D eigenvalue weighted by Crippen LogP contribution is -2.43. The zero-order valence-corrected chi connectivity index (χ0v) is 16.5. The van der Waals surface area contributed by atoms with Crippen LogP contribution in [0.1, 0.15) is 31.9 Å². The summed E-state index contributed by atoms with van der Waals surface area (Å²) in [5.74, 6) is 1.83. The van der Waals surface area contributed by atoms with E-state index in [0.29, 0.717) is 34.5 Å². The highest BCUT2D eigenvalue weighted by Crippen LogP contribution is 2.29. The fourth-order valence-electron chi connectivity index (χ4n) is 2.57. The van der Waals surface area contributed by atoms with Crippen LogP contribution in [0.2, 0.25) is 0 Å². The monoisotopic (exact) mass is 402 g/mol. The Balaban J connectivity index is 1.96. The molecule has 0 saturated carbocycles. The largest absolute Gasteiger partial charge is 0.497 e. The third-order valence-electron chi connectivity index (χ3n) is 3.91. The van der Waals surface area contributed by atoms with Gasteiger partial charge >= 0.3 is 6.18 Å². The summed E-state index contributed by atoms with van der Waals surface area (Å²) < 4.78 is 43.6. The summed E-state index contributed by atoms with van der Waals surface area (Å²) >= 11 is 0. The second kappa shape index (κ2) is 7.69. The number of hydrogen-bond donors (Lipinski definition) is 1. The summed E-state index contributed by atoms with van der Waals surface area (Å²) in [7, 11) is 1.58. The molecule has 8 heteroatoms. The fourth-order valence-corrected chi connectivity index (χ4v) is 2.57. The van der Waals surface area contributed by atoms with Crippen LogP contribution in [-0.2, 0) is 6.18 Å². The number of amidine groups is 3. The number of aliphatic imine (C=N–C) groups is 3. The Morgan fingerprint density at radius 2 is 1.52 bits per heavy atom. The third-order valence-corrected chi connectivity index (χ3v) is 3.91. The van der Waals surface area contributed by atoms with Crippen molar-refractivity contribution >= 4 is 23.2 Å². The number of nitrogens with zero attached hydrogens (tertiary/aromatic N) is 3. The smallest absolute Gasteiger partial charge is 0.416 e. The fraction of sp³-hybridized carbons (Fsp3) is 0.286. The Bertz CT molecular complexity index is 967. The van der Waals surface area contributed by atoms with Gasteiger partial charge in [0.2, 0.25) is 0 Å². The number of ether oxygens (including phenoxy) is 1. The van der Waals surface area contributed by atoms with Crippen LogP contribution in [0.5, 0.6) is 5.75 Å². The molecule has 0 atom stereocenters. The predicted molar refractivity (Wildman–Crippen MR) is 108 cm³/mol. The van der Waals surface area contributed by atoms with Crippen molar-refractivity contribution < 1.29 is 17.9 Å². The van der Waals surface area contributed by atoms with Gasteiger partial charge in [0.25, 0.3) is 0 Å². The highest BCUT2D eigenvalue weighted by Gasteiger charge is 2.30. The maximum absolute atomic E-state index is 12.8. The van der Waals surface area contributed by atoms with Crippen LogP contribution in [0.4, 0.5) is 18.9 Å². The minimum absolute atomic E-state index is 0.301. The average Bonchev–Trinajstić information content (AvgIpc) is 3.02. The number of methoxy groups -OCH3 is 1. The van der Waals surface area contributed by atoms with Gasteiger partial charge in [-0.25, -0.2) is 15.0 Å². The van der Waals surface area contributed by atoms with Gasteiger partial charge in [-0.3, -0.25) is 0 Å². The lowest BCUT2D eigenvalue weighted by Gasteiger charge is -2.21. The van der Waals surface area contributed by atoms with Crippen LogP contribution < -0.4 is 10.1 Å². The van der Waals surface area contributed by atoms with E-state index in [-0.39, 0.29) is 5.54 Å². The highest BCUT2D eigenvalue weighted by atomic mass is 19.4. The van der Waals surface area contributed by atoms with Crippen molar-refractivity contribution in [3.8, 4) is 5.75 Å². The average molecular weight is 402 g/mol. The zero-order valence-electron chi connectivity index (χ0n) is 16.5. The van der Waals surface area contributed by atoms with Gasteiger partial charge in [0.1, 0.15) is 5.75 Å². The van der Waals surface area contributed by atoms with Crippen LogP contribution in [-0.4, -0.2) is 30.2 Å². The predicted octanol–water partition coefficient (Wildman–Crippen LogP) is 4.99. The molecule has 0 saturated heterocycles. The Morgan fingerprint density at radius 1 is 0.897 bits per heavy atom. The van der Waals surface area contributed by atoms with E-state index in [1.54, 1.807) is 31.4 Å². The van der Waals surface area contributed by atoms with Crippen molar-refractivity contribution in [1.29, 1.82) is 0 Å². The van der Waals surface area contributed by atoms with Gasteiger partial charge in [-0.05, 0) is 57.2 Å². The van der Waals surface area contributed by atoms with E-state index in [2.05, 4.69) is 20.3 Å². The standard InChI is InChI=1S/C21H21F3N4O/c1-20(2,3)28-19-18(25-15-9-11-16(29-4)12-10-15)26-17(27-19)13-5-7-14(8-6-13)21(22,23)24/h5-12H,1-4H3,(H,25,26,27,28). The topological polar surface area (TPSA) is 58.3 Å². The van der Waals surface area contributed by atoms with E-state index in [0.717, 1.165) is 12.1 Å². The summed E-state index contributed by atoms with van der Waals surface area (Å²) in [6.45, 7) is 5.91. The summed E-state index contributed by atoms with van der Waals surface area (Å²) in [6, 6.07) is 11.9. The zero-order chi connectivity index (χ0) is 21.2. The van der Waals surface area contributed by atoms with Gasteiger partial charge in [0.15, 0.2) is 17.5 Å². The molecule has 0 radical (unpaired) electrons. The van der Waals surface area contributed by atoms with Crippen LogP contribution in [0, 0.1) is 0 Å². The molecule has 0 fully saturated rings. The molecule has 1 aliphatic heterocycles. The molecule has 0 aliphatic carbocycles. The van der Waals surface area contributed by atoms with Crippen molar-refractivity contribution in [1.82, 2.24) is 5.32 Å². The minimum atomic E-state index is -4.39. The normalized spacial score (nSPS) is 15.9. The van der Waals surface area contributed by atoms with Crippen LogP contribution in [0.15, 0.2) is 63.5 Å². The molecule has 0 aromatic heterocycles. The molecule has 1 heterocycles. The van der Waals surface area contributed by atoms with E-state index in [1.165, 1.54) is 12.1 Å². The SMILES string of the molecule is COc1ccc(/N=C2\N=C(c3ccc(C(F)(F)F)cc3)N=C2NC(C)(C)C)cc1. The molecular weight excluding hydrogens is 381 g/mol. The molecule has 3 rings (SSSR count). The van der Waals surface area contributed by atoms with Crippen molar-refractivity contribution in [2.45, 2.75) is 32.5 Å². The first-order valence-corrected chi connectivity index (χ1v) is 8.91. The Morgan fingerprint density at radius 3 is 2.03 bits per heavy atom. The van der Waals surface area contributed by atoms with Crippen LogP contribution in [0.3, 0.4) is 0 Å². The molecule has 1 aliphatic rings. The highest BCUT2D eigenvalue weighted by molar-refractivity contribution is 6.48. The van der Waals surface area contributed by atoms with Crippen molar-refractivity contribution in [3.63, 3.8) is 0 Å². The first-order chi connectivity index (χ1) is 13.5. The Kier molecular flexibility index (Phi) is 5.46. The first kappa shape index (κ1) is 20.6. The summed E-state index contributed by atoms with van der Waals surface area (Å²) in [6.07, 6.45) is -4.39. The van der Waals surface area contributed by atoms with Gasteiger partial charge in [-0.15, -0.1) is 0 Å². The van der Waals surface area contributed by atoms with Gasteiger partial charge in [-0.1, -0.05) is 12.1 Å². The quantitative estimate of drug-likeness (QED) is 0.786. The van der Waals surface area contributed by atoms with E-state index >= 15 is 0 Å². The van der Waals surface area contributed by atoms with Gasteiger partial charge in [0.05, 0.1) is 18.4 Å². The molecule has 0 bridgehead atoms. The van der Waals surface area contributed by atoms with Crippen molar-refractivity contribution in [2.75, 3.05) is 7.11 Å². The molecule has 29 heavy (non-hydrogen) atoms. The molecule has 152 valence electrons. The van der Waals surface area contributed by atoms with Gasteiger partial charge < -0.3 is 10.1 Å². The number of nitrogens with one attached hydrogen (secondary N) is 1. The van der Waals surface area contributed by atoms with Crippen molar-refractivity contribution in [3.05, 3.63) is 59.7 Å². The summed E-state index contributed by atoms with van der Waals surface area (Å²) in [4.78, 5) is 13.4. The first-order valence-electron chi connectivity index (χ1n) is 8.91. The third kappa shape index (κ3) is 5.22. The van der Waals surface area contributed by atoms with Crippen LogP contribution >= 0.6 is 0 Å². The molecule has 5 nitrogen and oxygen atoms in total. The number of halogens is 3. The van der Waals surface area contributed by atoms with E-state index in [9.17, 15) is 13.2 Å². The molecule has 0 amide bonds. The molecule has 0 spiro atoms. The van der Waals surface area contributed by atoms with Crippen LogP contribution in [0.25, 0.3) is 0 Å². The Labute approximate surface area is 167 Å². The molecular formula is C21H21F3N4O. The van der Waals surface area contributed by atoms with E-state index in [1.807, 2.05) is 20.8 Å². The van der Waals surface area contributed by atoms with Crippen molar-refractivity contribution in [2.24, 2.45) is 15.0 Å². The second-order valence-corrected chi connectivity index (χ2v) is 7.48. The molecule has 2 aromatic carbocycles.